The van der Waals surface area contributed by atoms with Gasteiger partial charge < -0.3 is 14.8 Å². The quantitative estimate of drug-likeness (QED) is 0.569. The molecule has 0 saturated carbocycles. The SMILES string of the molecule is O=C(COC(=O)CSCc1cccs1)NCCc1ccc(OC(F)F)cc1. The minimum atomic E-state index is -2.85. The van der Waals surface area contributed by atoms with Gasteiger partial charge in [-0.2, -0.15) is 8.78 Å². The van der Waals surface area contributed by atoms with Crippen LogP contribution in [0.15, 0.2) is 41.8 Å². The van der Waals surface area contributed by atoms with Gasteiger partial charge in [0.25, 0.3) is 5.91 Å². The van der Waals surface area contributed by atoms with Crippen molar-refractivity contribution in [1.29, 1.82) is 0 Å². The molecule has 0 saturated heterocycles. The summed E-state index contributed by atoms with van der Waals surface area (Å²) < 4.78 is 33.3. The van der Waals surface area contributed by atoms with E-state index in [2.05, 4.69) is 10.1 Å². The maximum absolute atomic E-state index is 12.1. The number of ether oxygens (including phenoxy) is 2. The van der Waals surface area contributed by atoms with E-state index in [-0.39, 0.29) is 24.0 Å². The molecule has 0 fully saturated rings. The van der Waals surface area contributed by atoms with Crippen LogP contribution in [0.2, 0.25) is 0 Å². The number of amides is 1. The smallest absolute Gasteiger partial charge is 0.387 e. The molecule has 0 bridgehead atoms. The molecular formula is C18H19F2NO4S2. The molecule has 1 N–H and O–H groups in total. The number of alkyl halides is 2. The number of rotatable bonds is 11. The van der Waals surface area contributed by atoms with Crippen LogP contribution in [0.1, 0.15) is 10.4 Å². The first kappa shape index (κ1) is 21.2. The van der Waals surface area contributed by atoms with Gasteiger partial charge in [0.05, 0.1) is 5.75 Å². The number of halogens is 2. The van der Waals surface area contributed by atoms with E-state index in [0.29, 0.717) is 13.0 Å². The monoisotopic (exact) mass is 415 g/mol. The predicted octanol–water partition coefficient (Wildman–Crippen LogP) is 3.48. The molecule has 0 aliphatic rings. The van der Waals surface area contributed by atoms with Crippen molar-refractivity contribution < 1.29 is 27.8 Å². The molecule has 5 nitrogen and oxygen atoms in total. The summed E-state index contributed by atoms with van der Waals surface area (Å²) in [5, 5.41) is 4.62. The Morgan fingerprint density at radius 3 is 2.63 bits per heavy atom. The fraction of sp³-hybridized carbons (Fsp3) is 0.333. The summed E-state index contributed by atoms with van der Waals surface area (Å²) in [5.41, 5.74) is 0.860. The van der Waals surface area contributed by atoms with E-state index in [1.54, 1.807) is 23.5 Å². The van der Waals surface area contributed by atoms with Crippen LogP contribution in [0.3, 0.4) is 0 Å². The lowest BCUT2D eigenvalue weighted by atomic mass is 10.1. The Balaban J connectivity index is 1.55. The second-order valence-electron chi connectivity index (χ2n) is 5.36. The van der Waals surface area contributed by atoms with Crippen LogP contribution < -0.4 is 10.1 Å². The van der Waals surface area contributed by atoms with Crippen LogP contribution in [0, 0.1) is 0 Å². The standard InChI is InChI=1S/C18H19F2NO4S2/c19-18(20)25-14-5-3-13(4-6-14)7-8-21-16(22)10-24-17(23)12-26-11-15-2-1-9-27-15/h1-6,9,18H,7-8,10-12H2,(H,21,22). The molecule has 1 amide bonds. The van der Waals surface area contributed by atoms with Gasteiger partial charge in [-0.25, -0.2) is 0 Å². The average Bonchev–Trinajstić information content (AvgIpc) is 3.14. The van der Waals surface area contributed by atoms with Crippen molar-refractivity contribution in [3.8, 4) is 5.75 Å². The summed E-state index contributed by atoms with van der Waals surface area (Å²) in [6, 6.07) is 10.1. The molecule has 0 radical (unpaired) electrons. The zero-order valence-corrected chi connectivity index (χ0v) is 16.0. The Hall–Kier alpha value is -2.13. The Morgan fingerprint density at radius 2 is 1.96 bits per heavy atom. The van der Waals surface area contributed by atoms with Crippen LogP contribution in [-0.4, -0.2) is 37.4 Å². The second kappa shape index (κ2) is 11.6. The lowest BCUT2D eigenvalue weighted by Crippen LogP contribution is -2.30. The maximum atomic E-state index is 12.1. The molecule has 2 aromatic rings. The number of esters is 1. The molecule has 2 rings (SSSR count). The van der Waals surface area contributed by atoms with Gasteiger partial charge in [-0.3, -0.25) is 9.59 Å². The van der Waals surface area contributed by atoms with Crippen molar-refractivity contribution in [1.82, 2.24) is 5.32 Å². The minimum absolute atomic E-state index is 0.0849. The van der Waals surface area contributed by atoms with Crippen LogP contribution in [0.25, 0.3) is 0 Å². The molecule has 1 aromatic carbocycles. The van der Waals surface area contributed by atoms with Gasteiger partial charge in [-0.15, -0.1) is 23.1 Å². The van der Waals surface area contributed by atoms with Crippen LogP contribution in [-0.2, 0) is 26.5 Å². The summed E-state index contributed by atoms with van der Waals surface area (Å²) in [4.78, 5) is 24.5. The highest BCUT2D eigenvalue weighted by atomic mass is 32.2. The van der Waals surface area contributed by atoms with Crippen LogP contribution in [0.5, 0.6) is 5.75 Å². The van der Waals surface area contributed by atoms with Crippen molar-refractivity contribution in [3.63, 3.8) is 0 Å². The molecule has 146 valence electrons. The number of carbonyl (C=O) groups is 2. The topological polar surface area (TPSA) is 64.6 Å². The lowest BCUT2D eigenvalue weighted by molar-refractivity contribution is -0.145. The van der Waals surface area contributed by atoms with E-state index in [1.165, 1.54) is 28.8 Å². The first-order chi connectivity index (χ1) is 13.0. The van der Waals surface area contributed by atoms with Gasteiger partial charge >= 0.3 is 12.6 Å². The van der Waals surface area contributed by atoms with Gasteiger partial charge in [-0.1, -0.05) is 18.2 Å². The van der Waals surface area contributed by atoms with E-state index < -0.39 is 12.6 Å². The zero-order chi connectivity index (χ0) is 19.5. The van der Waals surface area contributed by atoms with Crippen LogP contribution >= 0.6 is 23.1 Å². The van der Waals surface area contributed by atoms with Gasteiger partial charge in [-0.05, 0) is 35.6 Å². The maximum Gasteiger partial charge on any atom is 0.387 e. The molecule has 9 heteroatoms. The normalized spacial score (nSPS) is 10.6. The number of benzene rings is 1. The van der Waals surface area contributed by atoms with Crippen molar-refractivity contribution >= 4 is 35.0 Å². The molecule has 0 atom stereocenters. The average molecular weight is 415 g/mol. The Morgan fingerprint density at radius 1 is 1.19 bits per heavy atom. The third kappa shape index (κ3) is 8.87. The van der Waals surface area contributed by atoms with E-state index in [0.717, 1.165) is 11.3 Å². The number of carbonyl (C=O) groups excluding carboxylic acids is 2. The number of thiophene rings is 1. The molecule has 27 heavy (non-hydrogen) atoms. The molecule has 0 aliphatic carbocycles. The third-order valence-corrected chi connectivity index (χ3v) is 5.31. The third-order valence-electron chi connectivity index (χ3n) is 3.29. The van der Waals surface area contributed by atoms with E-state index >= 15 is 0 Å². The summed E-state index contributed by atoms with van der Waals surface area (Å²) in [6.45, 7) is -2.83. The highest BCUT2D eigenvalue weighted by Crippen LogP contribution is 2.17. The van der Waals surface area contributed by atoms with E-state index in [4.69, 9.17) is 4.74 Å². The Kier molecular flexibility index (Phi) is 9.06. The van der Waals surface area contributed by atoms with Gasteiger partial charge in [0.1, 0.15) is 5.75 Å². The van der Waals surface area contributed by atoms with Gasteiger partial charge in [0.2, 0.25) is 0 Å². The molecule has 1 aromatic heterocycles. The summed E-state index contributed by atoms with van der Waals surface area (Å²) in [5.74, 6) is 0.199. The minimum Gasteiger partial charge on any atom is -0.455 e. The highest BCUT2D eigenvalue weighted by Gasteiger charge is 2.08. The summed E-state index contributed by atoms with van der Waals surface area (Å²) >= 11 is 3.06. The first-order valence-electron chi connectivity index (χ1n) is 8.09. The summed E-state index contributed by atoms with van der Waals surface area (Å²) in [7, 11) is 0. The number of thioether (sulfide) groups is 1. The number of nitrogens with one attached hydrogen (secondary N) is 1. The van der Waals surface area contributed by atoms with Crippen molar-refractivity contribution in [2.24, 2.45) is 0 Å². The van der Waals surface area contributed by atoms with E-state index in [9.17, 15) is 18.4 Å². The second-order valence-corrected chi connectivity index (χ2v) is 7.37. The Labute approximate surface area is 164 Å². The van der Waals surface area contributed by atoms with Crippen LogP contribution in [0.4, 0.5) is 8.78 Å². The van der Waals surface area contributed by atoms with Crippen molar-refractivity contribution in [2.45, 2.75) is 18.8 Å². The molecule has 0 aliphatic heterocycles. The van der Waals surface area contributed by atoms with Gasteiger partial charge in [0.15, 0.2) is 6.61 Å². The van der Waals surface area contributed by atoms with Gasteiger partial charge in [0, 0.05) is 17.2 Å². The zero-order valence-electron chi connectivity index (χ0n) is 14.4. The number of hydrogen-bond acceptors (Lipinski definition) is 6. The lowest BCUT2D eigenvalue weighted by Gasteiger charge is -2.08. The van der Waals surface area contributed by atoms with E-state index in [1.807, 2.05) is 17.5 Å². The predicted molar refractivity (Wildman–Crippen MR) is 101 cm³/mol. The molecule has 1 heterocycles. The molecular weight excluding hydrogens is 396 g/mol. The highest BCUT2D eigenvalue weighted by molar-refractivity contribution is 7.99. The largest absolute Gasteiger partial charge is 0.455 e. The Bertz CT molecular complexity index is 709. The fourth-order valence-corrected chi connectivity index (χ4v) is 3.71. The van der Waals surface area contributed by atoms with Crippen molar-refractivity contribution in [3.05, 3.63) is 52.2 Å². The molecule has 0 spiro atoms. The fourth-order valence-electron chi connectivity index (χ4n) is 2.05. The number of hydrogen-bond donors (Lipinski definition) is 1. The molecule has 0 unspecified atom stereocenters. The van der Waals surface area contributed by atoms with Crippen molar-refractivity contribution in [2.75, 3.05) is 18.9 Å². The first-order valence-corrected chi connectivity index (χ1v) is 10.1. The summed E-state index contributed by atoms with van der Waals surface area (Å²) in [6.07, 6.45) is 0.519.